The van der Waals surface area contributed by atoms with E-state index in [4.69, 9.17) is 19.0 Å². The van der Waals surface area contributed by atoms with E-state index in [1.54, 1.807) is 24.3 Å². The molecule has 0 radical (unpaired) electrons. The molecular formula is C27H30N2O6. The first-order chi connectivity index (χ1) is 17.0. The molecule has 2 atom stereocenters. The molecule has 8 heteroatoms. The highest BCUT2D eigenvalue weighted by atomic mass is 16.7. The van der Waals surface area contributed by atoms with Crippen molar-refractivity contribution < 1.29 is 28.6 Å². The predicted octanol–water partition coefficient (Wildman–Crippen LogP) is 4.33. The van der Waals surface area contributed by atoms with E-state index < -0.39 is 12.0 Å². The number of benzene rings is 3. The maximum Gasteiger partial charge on any atom is 0.240 e. The zero-order valence-corrected chi connectivity index (χ0v) is 19.8. The van der Waals surface area contributed by atoms with Gasteiger partial charge in [0.05, 0.1) is 25.2 Å². The van der Waals surface area contributed by atoms with Gasteiger partial charge in [-0.25, -0.2) is 5.48 Å². The Morgan fingerprint density at radius 1 is 0.829 bits per heavy atom. The molecule has 35 heavy (non-hydrogen) atoms. The van der Waals surface area contributed by atoms with Crippen molar-refractivity contribution in [2.75, 3.05) is 25.6 Å². The SMILES string of the molecule is COC(CONC(C)=O)C(COCc1ccccc1)C(=O)Nc1ccc(Oc2ccccc2)cc1. The van der Waals surface area contributed by atoms with Crippen molar-refractivity contribution in [3.05, 3.63) is 90.5 Å². The van der Waals surface area contributed by atoms with E-state index in [1.165, 1.54) is 14.0 Å². The molecule has 3 aromatic rings. The molecule has 2 N–H and O–H groups in total. The lowest BCUT2D eigenvalue weighted by Crippen LogP contribution is -2.41. The zero-order valence-electron chi connectivity index (χ0n) is 19.8. The minimum atomic E-state index is -0.697. The second-order valence-electron chi connectivity index (χ2n) is 7.78. The van der Waals surface area contributed by atoms with Crippen LogP contribution in [0.25, 0.3) is 0 Å². The Morgan fingerprint density at radius 2 is 1.46 bits per heavy atom. The molecule has 3 rings (SSSR count). The summed E-state index contributed by atoms with van der Waals surface area (Å²) >= 11 is 0. The van der Waals surface area contributed by atoms with Gasteiger partial charge in [-0.05, 0) is 42.0 Å². The summed E-state index contributed by atoms with van der Waals surface area (Å²) in [5.41, 5.74) is 3.84. The molecule has 0 aromatic heterocycles. The van der Waals surface area contributed by atoms with Crippen LogP contribution in [0, 0.1) is 5.92 Å². The number of amides is 2. The number of anilines is 1. The van der Waals surface area contributed by atoms with E-state index in [0.29, 0.717) is 18.0 Å². The molecule has 0 heterocycles. The summed E-state index contributed by atoms with van der Waals surface area (Å²) in [4.78, 5) is 29.5. The number of hydrogen-bond acceptors (Lipinski definition) is 6. The summed E-state index contributed by atoms with van der Waals surface area (Å²) in [6.07, 6.45) is -0.654. The van der Waals surface area contributed by atoms with Crippen LogP contribution in [0.1, 0.15) is 12.5 Å². The Balaban J connectivity index is 1.63. The van der Waals surface area contributed by atoms with Crippen molar-refractivity contribution in [3.8, 4) is 11.5 Å². The standard InChI is InChI=1S/C27H30N2O6/c1-20(30)29-34-19-26(32-2)25(18-33-17-21-9-5-3-6-10-21)27(31)28-22-13-15-24(16-14-22)35-23-11-7-4-8-12-23/h3-16,25-26H,17-19H2,1-2H3,(H,28,31)(H,29,30). The Labute approximate surface area is 205 Å². The zero-order chi connectivity index (χ0) is 24.9. The summed E-state index contributed by atoms with van der Waals surface area (Å²) < 4.78 is 17.1. The summed E-state index contributed by atoms with van der Waals surface area (Å²) in [6.45, 7) is 1.75. The molecular weight excluding hydrogens is 448 g/mol. The van der Waals surface area contributed by atoms with Crippen LogP contribution in [0.15, 0.2) is 84.9 Å². The molecule has 0 aliphatic rings. The van der Waals surface area contributed by atoms with Gasteiger partial charge in [-0.2, -0.15) is 0 Å². The van der Waals surface area contributed by atoms with Crippen LogP contribution in [0.5, 0.6) is 11.5 Å². The largest absolute Gasteiger partial charge is 0.457 e. The number of carbonyl (C=O) groups excluding carboxylic acids is 2. The highest BCUT2D eigenvalue weighted by Gasteiger charge is 2.30. The number of hydroxylamine groups is 1. The van der Waals surface area contributed by atoms with Crippen LogP contribution < -0.4 is 15.5 Å². The highest BCUT2D eigenvalue weighted by Crippen LogP contribution is 2.23. The number of nitrogens with one attached hydrogen (secondary N) is 2. The molecule has 3 aromatic carbocycles. The van der Waals surface area contributed by atoms with Crippen LogP contribution in [0.4, 0.5) is 5.69 Å². The van der Waals surface area contributed by atoms with Gasteiger partial charge >= 0.3 is 0 Å². The molecule has 2 unspecified atom stereocenters. The molecule has 0 saturated heterocycles. The van der Waals surface area contributed by atoms with Crippen LogP contribution >= 0.6 is 0 Å². The molecule has 184 valence electrons. The normalized spacial score (nSPS) is 12.4. The Kier molecular flexibility index (Phi) is 10.3. The summed E-state index contributed by atoms with van der Waals surface area (Å²) in [5, 5.41) is 2.90. The molecule has 0 spiro atoms. The summed E-state index contributed by atoms with van der Waals surface area (Å²) in [7, 11) is 1.48. The second-order valence-corrected chi connectivity index (χ2v) is 7.78. The van der Waals surface area contributed by atoms with Crippen LogP contribution in [-0.4, -0.2) is 38.2 Å². The first-order valence-corrected chi connectivity index (χ1v) is 11.2. The number of rotatable bonds is 13. The third-order valence-corrected chi connectivity index (χ3v) is 5.06. The fraction of sp³-hybridized carbons (Fsp3) is 0.259. The van der Waals surface area contributed by atoms with E-state index >= 15 is 0 Å². The van der Waals surface area contributed by atoms with Crippen LogP contribution in [0.3, 0.4) is 0 Å². The number of carbonyl (C=O) groups is 2. The van der Waals surface area contributed by atoms with Gasteiger partial charge < -0.3 is 19.5 Å². The Hall–Kier alpha value is -3.72. The maximum atomic E-state index is 13.2. The van der Waals surface area contributed by atoms with Gasteiger partial charge in [-0.15, -0.1) is 0 Å². The fourth-order valence-corrected chi connectivity index (χ4v) is 3.27. The lowest BCUT2D eigenvalue weighted by atomic mass is 10.0. The predicted molar refractivity (Wildman–Crippen MR) is 132 cm³/mol. The van der Waals surface area contributed by atoms with Gasteiger partial charge in [0.15, 0.2) is 0 Å². The van der Waals surface area contributed by atoms with Crippen molar-refractivity contribution in [3.63, 3.8) is 0 Å². The lowest BCUT2D eigenvalue weighted by molar-refractivity contribution is -0.141. The fourth-order valence-electron chi connectivity index (χ4n) is 3.27. The molecule has 0 fully saturated rings. The Bertz CT molecular complexity index is 1040. The van der Waals surface area contributed by atoms with E-state index in [0.717, 1.165) is 11.3 Å². The third-order valence-electron chi connectivity index (χ3n) is 5.06. The first kappa shape index (κ1) is 25.9. The summed E-state index contributed by atoms with van der Waals surface area (Å²) in [6, 6.07) is 26.2. The van der Waals surface area contributed by atoms with Crippen molar-refractivity contribution in [2.45, 2.75) is 19.6 Å². The van der Waals surface area contributed by atoms with Gasteiger partial charge in [-0.3, -0.25) is 14.4 Å². The molecule has 0 aliphatic carbocycles. The highest BCUT2D eigenvalue weighted by molar-refractivity contribution is 5.93. The smallest absolute Gasteiger partial charge is 0.240 e. The van der Waals surface area contributed by atoms with E-state index in [2.05, 4.69) is 10.8 Å². The number of ether oxygens (including phenoxy) is 3. The van der Waals surface area contributed by atoms with Gasteiger partial charge in [0.2, 0.25) is 11.8 Å². The van der Waals surface area contributed by atoms with Crippen molar-refractivity contribution in [1.29, 1.82) is 0 Å². The lowest BCUT2D eigenvalue weighted by Gasteiger charge is -2.25. The Morgan fingerprint density at radius 3 is 2.09 bits per heavy atom. The minimum absolute atomic E-state index is 0.0211. The number of hydrogen-bond donors (Lipinski definition) is 2. The monoisotopic (exact) mass is 478 g/mol. The molecule has 0 saturated carbocycles. The maximum absolute atomic E-state index is 13.2. The van der Waals surface area contributed by atoms with Gasteiger partial charge in [0.1, 0.15) is 18.1 Å². The molecule has 0 bridgehead atoms. The van der Waals surface area contributed by atoms with Crippen LogP contribution in [0.2, 0.25) is 0 Å². The van der Waals surface area contributed by atoms with E-state index in [9.17, 15) is 9.59 Å². The van der Waals surface area contributed by atoms with Crippen molar-refractivity contribution in [2.24, 2.45) is 5.92 Å². The topological polar surface area (TPSA) is 95.1 Å². The molecule has 2 amide bonds. The van der Waals surface area contributed by atoms with Gasteiger partial charge in [0, 0.05) is 19.7 Å². The quantitative estimate of drug-likeness (QED) is 0.355. The molecule has 0 aliphatic heterocycles. The van der Waals surface area contributed by atoms with Crippen molar-refractivity contribution in [1.82, 2.24) is 5.48 Å². The molecule has 8 nitrogen and oxygen atoms in total. The van der Waals surface area contributed by atoms with Gasteiger partial charge in [-0.1, -0.05) is 48.5 Å². The first-order valence-electron chi connectivity index (χ1n) is 11.2. The average molecular weight is 479 g/mol. The van der Waals surface area contributed by atoms with E-state index in [1.807, 2.05) is 60.7 Å². The van der Waals surface area contributed by atoms with Gasteiger partial charge in [0.25, 0.3) is 0 Å². The number of methoxy groups -OCH3 is 1. The van der Waals surface area contributed by atoms with Crippen molar-refractivity contribution >= 4 is 17.5 Å². The minimum Gasteiger partial charge on any atom is -0.457 e. The third kappa shape index (κ3) is 8.86. The number of para-hydroxylation sites is 1. The van der Waals surface area contributed by atoms with Crippen LogP contribution in [-0.2, 0) is 30.5 Å². The van der Waals surface area contributed by atoms with E-state index in [-0.39, 0.29) is 25.0 Å². The average Bonchev–Trinajstić information content (AvgIpc) is 2.87. The second kappa shape index (κ2) is 13.9. The summed E-state index contributed by atoms with van der Waals surface area (Å²) in [5.74, 6) is 0.0298.